The molecule has 0 aliphatic carbocycles. The molecule has 0 radical (unpaired) electrons. The number of methoxy groups -OCH3 is 2. The zero-order chi connectivity index (χ0) is 15.4. The van der Waals surface area contributed by atoms with E-state index < -0.39 is 17.7 Å². The second-order valence-electron chi connectivity index (χ2n) is 4.58. The van der Waals surface area contributed by atoms with Crippen molar-refractivity contribution in [1.82, 2.24) is 0 Å². The van der Waals surface area contributed by atoms with E-state index in [9.17, 15) is 13.9 Å². The molecule has 0 saturated carbocycles. The molecule has 2 aromatic carbocycles. The van der Waals surface area contributed by atoms with Crippen LogP contribution in [0.15, 0.2) is 36.4 Å². The third-order valence-corrected chi connectivity index (χ3v) is 3.14. The molecule has 2 aromatic rings. The number of aliphatic hydroxyl groups excluding tert-OH is 1. The van der Waals surface area contributed by atoms with Crippen LogP contribution in [0, 0.1) is 11.6 Å². The van der Waals surface area contributed by atoms with Crippen molar-refractivity contribution < 1.29 is 23.4 Å². The van der Waals surface area contributed by atoms with E-state index in [0.29, 0.717) is 22.6 Å². The van der Waals surface area contributed by atoms with Crippen LogP contribution in [0.4, 0.5) is 8.78 Å². The van der Waals surface area contributed by atoms with E-state index >= 15 is 0 Å². The number of ether oxygens (including phenoxy) is 2. The molecule has 0 heterocycles. The second-order valence-corrected chi connectivity index (χ2v) is 4.58. The number of para-hydroxylation sites is 1. The molecular weight excluding hydrogens is 278 g/mol. The first-order chi connectivity index (χ1) is 10.0. The fraction of sp³-hybridized carbons (Fsp3) is 0.250. The van der Waals surface area contributed by atoms with Gasteiger partial charge in [0.25, 0.3) is 0 Å². The van der Waals surface area contributed by atoms with Crippen molar-refractivity contribution in [3.8, 4) is 11.5 Å². The molecule has 0 saturated heterocycles. The van der Waals surface area contributed by atoms with Gasteiger partial charge >= 0.3 is 0 Å². The maximum absolute atomic E-state index is 13.2. The van der Waals surface area contributed by atoms with Crippen molar-refractivity contribution in [3.63, 3.8) is 0 Å². The molecule has 0 bridgehead atoms. The van der Waals surface area contributed by atoms with Gasteiger partial charge in [0.05, 0.1) is 20.3 Å². The fourth-order valence-electron chi connectivity index (χ4n) is 2.24. The molecule has 21 heavy (non-hydrogen) atoms. The first kappa shape index (κ1) is 15.3. The Balaban J connectivity index is 2.30. The number of hydrogen-bond donors (Lipinski definition) is 1. The van der Waals surface area contributed by atoms with Crippen LogP contribution < -0.4 is 9.47 Å². The van der Waals surface area contributed by atoms with Crippen LogP contribution in [0.25, 0.3) is 0 Å². The normalized spacial score (nSPS) is 12.0. The Labute approximate surface area is 121 Å². The first-order valence-electron chi connectivity index (χ1n) is 6.39. The quantitative estimate of drug-likeness (QED) is 0.920. The first-order valence-corrected chi connectivity index (χ1v) is 6.39. The summed E-state index contributed by atoms with van der Waals surface area (Å²) in [6, 6.07) is 8.28. The lowest BCUT2D eigenvalue weighted by Gasteiger charge is -2.17. The molecule has 0 aliphatic rings. The lowest BCUT2D eigenvalue weighted by molar-refractivity contribution is 0.172. The summed E-state index contributed by atoms with van der Waals surface area (Å²) in [7, 11) is 2.96. The predicted molar refractivity (Wildman–Crippen MR) is 74.6 cm³/mol. The Morgan fingerprint density at radius 1 is 1.05 bits per heavy atom. The van der Waals surface area contributed by atoms with Gasteiger partial charge in [-0.15, -0.1) is 0 Å². The molecule has 3 nitrogen and oxygen atoms in total. The Kier molecular flexibility index (Phi) is 4.75. The smallest absolute Gasteiger partial charge is 0.166 e. The number of aliphatic hydroxyl groups is 1. The predicted octanol–water partition coefficient (Wildman–Crippen LogP) is 3.26. The maximum Gasteiger partial charge on any atom is 0.166 e. The van der Waals surface area contributed by atoms with Crippen LogP contribution in [0.2, 0.25) is 0 Å². The molecule has 0 amide bonds. The third kappa shape index (κ3) is 3.49. The van der Waals surface area contributed by atoms with Crippen LogP contribution in [0.3, 0.4) is 0 Å². The fourth-order valence-corrected chi connectivity index (χ4v) is 2.24. The molecule has 0 fully saturated rings. The van der Waals surface area contributed by atoms with E-state index in [-0.39, 0.29) is 6.42 Å². The van der Waals surface area contributed by atoms with Crippen molar-refractivity contribution in [3.05, 3.63) is 59.2 Å². The largest absolute Gasteiger partial charge is 0.493 e. The molecule has 112 valence electrons. The molecular formula is C16H16F2O3. The van der Waals surface area contributed by atoms with Gasteiger partial charge in [-0.05, 0) is 23.8 Å². The van der Waals surface area contributed by atoms with Gasteiger partial charge in [0.1, 0.15) is 11.6 Å². The number of halogens is 2. The highest BCUT2D eigenvalue weighted by molar-refractivity contribution is 5.48. The minimum absolute atomic E-state index is 0.0677. The molecule has 0 aromatic heterocycles. The van der Waals surface area contributed by atoms with Crippen LogP contribution in [0.1, 0.15) is 17.2 Å². The number of hydrogen-bond acceptors (Lipinski definition) is 3. The average molecular weight is 294 g/mol. The highest BCUT2D eigenvalue weighted by atomic mass is 19.1. The van der Waals surface area contributed by atoms with Crippen molar-refractivity contribution in [2.75, 3.05) is 14.2 Å². The van der Waals surface area contributed by atoms with E-state index in [4.69, 9.17) is 9.47 Å². The summed E-state index contributed by atoms with van der Waals surface area (Å²) < 4.78 is 36.8. The van der Waals surface area contributed by atoms with E-state index in [1.165, 1.54) is 26.4 Å². The summed E-state index contributed by atoms with van der Waals surface area (Å²) in [6.07, 6.45) is -0.894. The lowest BCUT2D eigenvalue weighted by atomic mass is 10.00. The van der Waals surface area contributed by atoms with Crippen molar-refractivity contribution in [2.24, 2.45) is 0 Å². The van der Waals surface area contributed by atoms with Gasteiger partial charge < -0.3 is 14.6 Å². The Morgan fingerprint density at radius 3 is 2.29 bits per heavy atom. The zero-order valence-corrected chi connectivity index (χ0v) is 11.8. The van der Waals surface area contributed by atoms with Crippen LogP contribution in [0.5, 0.6) is 11.5 Å². The van der Waals surface area contributed by atoms with Crippen molar-refractivity contribution in [1.29, 1.82) is 0 Å². The highest BCUT2D eigenvalue weighted by Crippen LogP contribution is 2.35. The zero-order valence-electron chi connectivity index (χ0n) is 11.8. The van der Waals surface area contributed by atoms with Crippen LogP contribution in [-0.4, -0.2) is 19.3 Å². The number of benzene rings is 2. The van der Waals surface area contributed by atoms with Gasteiger partial charge in [-0.1, -0.05) is 12.1 Å². The van der Waals surface area contributed by atoms with Crippen LogP contribution in [-0.2, 0) is 6.42 Å². The van der Waals surface area contributed by atoms with Crippen molar-refractivity contribution in [2.45, 2.75) is 12.5 Å². The molecule has 5 heteroatoms. The Morgan fingerprint density at radius 2 is 1.71 bits per heavy atom. The highest BCUT2D eigenvalue weighted by Gasteiger charge is 2.18. The molecule has 0 spiro atoms. The lowest BCUT2D eigenvalue weighted by Crippen LogP contribution is -2.05. The molecule has 0 aliphatic heterocycles. The van der Waals surface area contributed by atoms with Gasteiger partial charge in [0.15, 0.2) is 11.5 Å². The van der Waals surface area contributed by atoms with Crippen molar-refractivity contribution >= 4 is 0 Å². The summed E-state index contributed by atoms with van der Waals surface area (Å²) in [5.74, 6) is -0.450. The van der Waals surface area contributed by atoms with Gasteiger partial charge in [0, 0.05) is 18.1 Å². The summed E-state index contributed by atoms with van der Waals surface area (Å²) in [5, 5.41) is 10.3. The molecule has 1 atom stereocenters. The maximum atomic E-state index is 13.2. The third-order valence-electron chi connectivity index (χ3n) is 3.14. The summed E-state index contributed by atoms with van der Waals surface area (Å²) in [5.41, 5.74) is 0.867. The van der Waals surface area contributed by atoms with Gasteiger partial charge in [-0.2, -0.15) is 0 Å². The van der Waals surface area contributed by atoms with E-state index in [0.717, 1.165) is 6.07 Å². The SMILES string of the molecule is COc1cccc(C(O)Cc2cc(F)cc(F)c2)c1OC. The summed E-state index contributed by atoms with van der Waals surface area (Å²) in [6.45, 7) is 0. The van der Waals surface area contributed by atoms with E-state index in [2.05, 4.69) is 0 Å². The molecule has 1 N–H and O–H groups in total. The second kappa shape index (κ2) is 6.54. The standard InChI is InChI=1S/C16H16F2O3/c1-20-15-5-3-4-13(16(15)21-2)14(19)8-10-6-11(17)9-12(18)7-10/h3-7,9,14,19H,8H2,1-2H3. The van der Waals surface area contributed by atoms with E-state index in [1.54, 1.807) is 18.2 Å². The van der Waals surface area contributed by atoms with Gasteiger partial charge in [-0.25, -0.2) is 8.78 Å². The Hall–Kier alpha value is -2.14. The molecule has 2 rings (SSSR count). The minimum atomic E-state index is -0.962. The number of rotatable bonds is 5. The van der Waals surface area contributed by atoms with Gasteiger partial charge in [-0.3, -0.25) is 0 Å². The van der Waals surface area contributed by atoms with E-state index in [1.807, 2.05) is 0 Å². The summed E-state index contributed by atoms with van der Waals surface area (Å²) >= 11 is 0. The summed E-state index contributed by atoms with van der Waals surface area (Å²) in [4.78, 5) is 0. The molecule has 1 unspecified atom stereocenters. The van der Waals surface area contributed by atoms with Crippen LogP contribution >= 0.6 is 0 Å². The monoisotopic (exact) mass is 294 g/mol. The minimum Gasteiger partial charge on any atom is -0.493 e. The average Bonchev–Trinajstić information content (AvgIpc) is 2.45. The topological polar surface area (TPSA) is 38.7 Å². The Bertz CT molecular complexity index is 609. The van der Waals surface area contributed by atoms with Gasteiger partial charge in [0.2, 0.25) is 0 Å².